The summed E-state index contributed by atoms with van der Waals surface area (Å²) >= 11 is 0. The highest BCUT2D eigenvalue weighted by molar-refractivity contribution is 5.72. The van der Waals surface area contributed by atoms with Crippen LogP contribution in [0.1, 0.15) is 0 Å². The van der Waals surface area contributed by atoms with Crippen LogP contribution in [0.4, 0.5) is 0 Å². The molecule has 0 radical (unpaired) electrons. The third kappa shape index (κ3) is 20.5. The van der Waals surface area contributed by atoms with Crippen molar-refractivity contribution in [2.24, 2.45) is 11.5 Å². The van der Waals surface area contributed by atoms with Gasteiger partial charge in [-0.2, -0.15) is 0 Å². The first kappa shape index (κ1) is 10.6. The molecule has 6 N–H and O–H groups in total. The molecule has 0 bridgehead atoms. The summed E-state index contributed by atoms with van der Waals surface area (Å²) in [4.78, 5) is 9.28. The molecule has 0 spiro atoms. The van der Waals surface area contributed by atoms with Crippen molar-refractivity contribution in [1.82, 2.24) is 5.43 Å². The maximum atomic E-state index is 9.28. The quantitative estimate of drug-likeness (QED) is 0.146. The number of nitro groups is 1. The number of rotatable bonds is 1. The fraction of sp³-hybridized carbons (Fsp3) is 0.500. The van der Waals surface area contributed by atoms with Crippen LogP contribution in [-0.4, -0.2) is 18.0 Å². The number of hydrazine groups is 1. The third-order valence-electron chi connectivity index (χ3n) is 0.212. The average molecular weight is 135 g/mol. The second-order valence-electron chi connectivity index (χ2n) is 0.783. The van der Waals surface area contributed by atoms with Gasteiger partial charge in [-0.3, -0.25) is 5.41 Å². The number of nitrogens with zero attached hydrogens (tertiary/aromatic N) is 1. The van der Waals surface area contributed by atoms with E-state index < -0.39 is 11.0 Å². The van der Waals surface area contributed by atoms with Crippen LogP contribution in [0.25, 0.3) is 0 Å². The fourth-order valence-electron chi connectivity index (χ4n) is 0.0983. The predicted molar refractivity (Wildman–Crippen MR) is 32.2 cm³/mol. The van der Waals surface area contributed by atoms with E-state index in [2.05, 4.69) is 11.5 Å². The molecule has 0 aromatic carbocycles. The van der Waals surface area contributed by atoms with Gasteiger partial charge in [-0.25, -0.2) is 10.1 Å². The third-order valence-corrected chi connectivity index (χ3v) is 0.212. The molecule has 9 heavy (non-hydrogen) atoms. The SMILES string of the molecule is CN.N=C(N)N[N+](=O)[O-]. The second-order valence-corrected chi connectivity index (χ2v) is 0.783. The first-order valence-electron chi connectivity index (χ1n) is 1.95. The lowest BCUT2D eigenvalue weighted by Gasteiger charge is -1.86. The van der Waals surface area contributed by atoms with Crippen molar-refractivity contribution < 1.29 is 5.03 Å². The van der Waals surface area contributed by atoms with E-state index in [-0.39, 0.29) is 0 Å². The first-order valence-corrected chi connectivity index (χ1v) is 1.95. The zero-order valence-corrected chi connectivity index (χ0v) is 4.92. The van der Waals surface area contributed by atoms with E-state index in [0.717, 1.165) is 0 Å². The minimum Gasteiger partial charge on any atom is -0.366 e. The van der Waals surface area contributed by atoms with Crippen LogP contribution >= 0.6 is 0 Å². The molecule has 0 amide bonds. The lowest BCUT2D eigenvalue weighted by Crippen LogP contribution is -2.34. The highest BCUT2D eigenvalue weighted by Crippen LogP contribution is 1.50. The average Bonchev–Trinajstić information content (AvgIpc) is 1.68. The van der Waals surface area contributed by atoms with Gasteiger partial charge in [-0.15, -0.1) is 0 Å². The van der Waals surface area contributed by atoms with Crippen LogP contribution in [0, 0.1) is 15.5 Å². The predicted octanol–water partition coefficient (Wildman–Crippen LogP) is -1.76. The molecule has 54 valence electrons. The zero-order valence-electron chi connectivity index (χ0n) is 4.92. The Bertz CT molecular complexity index is 89.1. The minimum atomic E-state index is -0.900. The summed E-state index contributed by atoms with van der Waals surface area (Å²) < 4.78 is 0. The van der Waals surface area contributed by atoms with Gasteiger partial charge in [0.05, 0.1) is 0 Å². The summed E-state index contributed by atoms with van der Waals surface area (Å²) in [6.07, 6.45) is 0. The summed E-state index contributed by atoms with van der Waals surface area (Å²) in [7, 11) is 1.50. The van der Waals surface area contributed by atoms with Gasteiger partial charge in [0.2, 0.25) is 5.96 Å². The van der Waals surface area contributed by atoms with Gasteiger partial charge in [0.1, 0.15) is 0 Å². The van der Waals surface area contributed by atoms with Gasteiger partial charge >= 0.3 is 0 Å². The first-order chi connectivity index (χ1) is 4.13. The Labute approximate surface area is 51.6 Å². The van der Waals surface area contributed by atoms with Crippen molar-refractivity contribution in [3.05, 3.63) is 10.1 Å². The van der Waals surface area contributed by atoms with E-state index in [4.69, 9.17) is 5.41 Å². The van der Waals surface area contributed by atoms with E-state index in [1.807, 2.05) is 0 Å². The van der Waals surface area contributed by atoms with Crippen molar-refractivity contribution in [3.8, 4) is 0 Å². The normalized spacial score (nSPS) is 6.44. The van der Waals surface area contributed by atoms with Gasteiger partial charge in [-0.05, 0) is 7.05 Å². The van der Waals surface area contributed by atoms with E-state index >= 15 is 0 Å². The van der Waals surface area contributed by atoms with Crippen LogP contribution in [0.15, 0.2) is 0 Å². The summed E-state index contributed by atoms with van der Waals surface area (Å²) in [5.74, 6) is -0.662. The van der Waals surface area contributed by atoms with Gasteiger partial charge in [-0.1, -0.05) is 5.43 Å². The molecule has 0 saturated carbocycles. The van der Waals surface area contributed by atoms with Crippen molar-refractivity contribution in [2.45, 2.75) is 0 Å². The molecule has 7 heteroatoms. The van der Waals surface area contributed by atoms with Crippen molar-refractivity contribution in [1.29, 1.82) is 5.41 Å². The van der Waals surface area contributed by atoms with Gasteiger partial charge < -0.3 is 11.5 Å². The molecular formula is C2H9N5O2. The smallest absolute Gasteiger partial charge is 0.248 e. The Morgan fingerprint density at radius 2 is 2.11 bits per heavy atom. The van der Waals surface area contributed by atoms with Gasteiger partial charge in [0.25, 0.3) is 0 Å². The van der Waals surface area contributed by atoms with Crippen LogP contribution in [0.2, 0.25) is 0 Å². The Hall–Kier alpha value is -1.37. The number of nitrogens with two attached hydrogens (primary N) is 2. The maximum Gasteiger partial charge on any atom is 0.248 e. The molecule has 7 nitrogen and oxygen atoms in total. The maximum absolute atomic E-state index is 9.28. The van der Waals surface area contributed by atoms with Gasteiger partial charge in [0, 0.05) is 0 Å². The lowest BCUT2D eigenvalue weighted by molar-refractivity contribution is -0.525. The molecule has 0 aliphatic heterocycles. The van der Waals surface area contributed by atoms with Crippen LogP contribution in [0.5, 0.6) is 0 Å². The molecule has 0 saturated heterocycles. The molecule has 0 aliphatic rings. The van der Waals surface area contributed by atoms with Gasteiger partial charge in [0.15, 0.2) is 5.03 Å². The van der Waals surface area contributed by atoms with Crippen molar-refractivity contribution in [2.75, 3.05) is 7.05 Å². The Morgan fingerprint density at radius 3 is 2.11 bits per heavy atom. The summed E-state index contributed by atoms with van der Waals surface area (Å²) in [6, 6.07) is 0. The van der Waals surface area contributed by atoms with E-state index in [9.17, 15) is 10.1 Å². The molecule has 0 unspecified atom stereocenters. The van der Waals surface area contributed by atoms with Crippen molar-refractivity contribution >= 4 is 5.96 Å². The largest absolute Gasteiger partial charge is 0.366 e. The molecule has 0 aromatic heterocycles. The van der Waals surface area contributed by atoms with E-state index in [1.165, 1.54) is 12.5 Å². The second kappa shape index (κ2) is 6.63. The molecule has 0 rings (SSSR count). The number of hydrogen-bond acceptors (Lipinski definition) is 4. The minimum absolute atomic E-state index is 0.662. The number of nitrogens with one attached hydrogen (secondary N) is 2. The molecule has 0 atom stereocenters. The Morgan fingerprint density at radius 1 is 1.78 bits per heavy atom. The number of guanidine groups is 1. The van der Waals surface area contributed by atoms with E-state index in [0.29, 0.717) is 0 Å². The molecule has 0 fully saturated rings. The zero-order chi connectivity index (χ0) is 7.86. The van der Waals surface area contributed by atoms with Crippen LogP contribution in [-0.2, 0) is 0 Å². The molecule has 0 heterocycles. The Balaban J connectivity index is 0. The summed E-state index contributed by atoms with van der Waals surface area (Å²) in [5, 5.41) is 14.6. The molecule has 0 aliphatic carbocycles. The van der Waals surface area contributed by atoms with Crippen LogP contribution < -0.4 is 16.9 Å². The highest BCUT2D eigenvalue weighted by atomic mass is 16.7. The fourth-order valence-corrected chi connectivity index (χ4v) is 0.0983. The summed E-state index contributed by atoms with van der Waals surface area (Å²) in [5.41, 5.74) is 10.4. The molecule has 0 aromatic rings. The molecular weight excluding hydrogens is 126 g/mol. The number of hydrogen-bond donors (Lipinski definition) is 4. The van der Waals surface area contributed by atoms with E-state index in [1.54, 1.807) is 0 Å². The monoisotopic (exact) mass is 135 g/mol. The lowest BCUT2D eigenvalue weighted by atomic mass is 11.1. The topological polar surface area (TPSA) is 131 Å². The highest BCUT2D eigenvalue weighted by Gasteiger charge is 1.91. The van der Waals surface area contributed by atoms with Crippen LogP contribution in [0.3, 0.4) is 0 Å². The summed E-state index contributed by atoms with van der Waals surface area (Å²) in [6.45, 7) is 0. The standard InChI is InChI=1S/CH4N4O2.CH5N/c2-1(3)4-5(6)7;1-2/h(H4,2,3,4);2H2,1H3. The Kier molecular flexibility index (Phi) is 7.79. The van der Waals surface area contributed by atoms with Crippen molar-refractivity contribution in [3.63, 3.8) is 0 Å².